The first-order valence-electron chi connectivity index (χ1n) is 12.8. The summed E-state index contributed by atoms with van der Waals surface area (Å²) >= 11 is 0. The van der Waals surface area contributed by atoms with Crippen molar-refractivity contribution in [3.05, 3.63) is 48.4 Å². The fourth-order valence-electron chi connectivity index (χ4n) is 4.45. The van der Waals surface area contributed by atoms with Gasteiger partial charge in [-0.2, -0.15) is 14.2 Å². The highest BCUT2D eigenvalue weighted by Gasteiger charge is 2.22. The molecule has 1 aliphatic heterocycles. The van der Waals surface area contributed by atoms with Crippen molar-refractivity contribution in [2.45, 2.75) is 39.7 Å². The number of anilines is 1. The number of benzene rings is 1. The van der Waals surface area contributed by atoms with Gasteiger partial charge in [-0.3, -0.25) is 4.68 Å². The standard InChI is InChI=1S/C26H31F2N9O/c1-16(2)6-9-36-15-19(14-32-36)18-11-20(25(29)31-13-18)26-33-34-35-37(26)21-3-4-22(24(28)23(21)27)38-10-7-17-5-8-30-12-17/h3-4,11,13-17,30H,5-10,12H2,1-2H3,(H2,29,31). The fraction of sp³-hybridized carbons (Fsp3) is 0.423. The van der Waals surface area contributed by atoms with Crippen LogP contribution in [0.4, 0.5) is 14.6 Å². The van der Waals surface area contributed by atoms with Gasteiger partial charge in [0.05, 0.1) is 18.4 Å². The minimum atomic E-state index is -1.12. The molecule has 3 aromatic heterocycles. The number of nitrogen functional groups attached to an aromatic ring is 1. The number of pyridine rings is 1. The number of halogens is 2. The van der Waals surface area contributed by atoms with Crippen molar-refractivity contribution >= 4 is 5.82 Å². The average molecular weight is 524 g/mol. The van der Waals surface area contributed by atoms with Gasteiger partial charge in [-0.15, -0.1) is 5.10 Å². The molecule has 4 aromatic rings. The Morgan fingerprint density at radius 1 is 1.18 bits per heavy atom. The summed E-state index contributed by atoms with van der Waals surface area (Å²) in [7, 11) is 0. The molecule has 0 radical (unpaired) electrons. The molecule has 0 aliphatic carbocycles. The summed E-state index contributed by atoms with van der Waals surface area (Å²) in [5, 5.41) is 19.3. The normalized spacial score (nSPS) is 15.4. The third kappa shape index (κ3) is 5.49. The van der Waals surface area contributed by atoms with E-state index in [0.29, 0.717) is 24.0 Å². The molecule has 1 unspecified atom stereocenters. The van der Waals surface area contributed by atoms with Gasteiger partial charge in [-0.05, 0) is 72.8 Å². The van der Waals surface area contributed by atoms with Crippen molar-refractivity contribution < 1.29 is 13.5 Å². The summed E-state index contributed by atoms with van der Waals surface area (Å²) in [5.74, 6) is -1.04. The van der Waals surface area contributed by atoms with Gasteiger partial charge >= 0.3 is 0 Å². The molecule has 1 aromatic carbocycles. The van der Waals surface area contributed by atoms with Crippen LogP contribution < -0.4 is 15.8 Å². The lowest BCUT2D eigenvalue weighted by Gasteiger charge is -2.13. The van der Waals surface area contributed by atoms with Gasteiger partial charge in [-0.1, -0.05) is 13.8 Å². The van der Waals surface area contributed by atoms with Crippen molar-refractivity contribution in [3.63, 3.8) is 0 Å². The molecule has 10 nitrogen and oxygen atoms in total. The first kappa shape index (κ1) is 25.7. The van der Waals surface area contributed by atoms with Crippen LogP contribution in [-0.2, 0) is 6.54 Å². The van der Waals surface area contributed by atoms with E-state index < -0.39 is 11.6 Å². The zero-order chi connectivity index (χ0) is 26.6. The number of nitrogens with two attached hydrogens (primary N) is 1. The highest BCUT2D eigenvalue weighted by atomic mass is 19.2. The Morgan fingerprint density at radius 2 is 2.05 bits per heavy atom. The molecule has 3 N–H and O–H groups in total. The lowest BCUT2D eigenvalue weighted by molar-refractivity contribution is 0.267. The molecule has 1 atom stereocenters. The van der Waals surface area contributed by atoms with Crippen LogP contribution >= 0.6 is 0 Å². The van der Waals surface area contributed by atoms with Gasteiger partial charge in [0.2, 0.25) is 5.82 Å². The average Bonchev–Trinajstić information content (AvgIpc) is 3.68. The van der Waals surface area contributed by atoms with Gasteiger partial charge in [0, 0.05) is 30.1 Å². The van der Waals surface area contributed by atoms with E-state index in [0.717, 1.165) is 54.7 Å². The third-order valence-electron chi connectivity index (χ3n) is 6.73. The lowest BCUT2D eigenvalue weighted by atomic mass is 10.1. The van der Waals surface area contributed by atoms with Crippen LogP contribution in [0, 0.1) is 23.5 Å². The predicted octanol–water partition coefficient (Wildman–Crippen LogP) is 3.87. The second-order valence-corrected chi connectivity index (χ2v) is 9.95. The second-order valence-electron chi connectivity index (χ2n) is 9.95. The second kappa shape index (κ2) is 11.2. The minimum Gasteiger partial charge on any atom is -0.490 e. The summed E-state index contributed by atoms with van der Waals surface area (Å²) in [4.78, 5) is 4.29. The third-order valence-corrected chi connectivity index (χ3v) is 6.73. The van der Waals surface area contributed by atoms with Gasteiger partial charge < -0.3 is 15.8 Å². The molecule has 200 valence electrons. The van der Waals surface area contributed by atoms with Gasteiger partial charge in [0.1, 0.15) is 11.5 Å². The van der Waals surface area contributed by atoms with Crippen LogP contribution in [-0.4, -0.2) is 54.7 Å². The molecule has 1 fully saturated rings. The number of aromatic nitrogens is 7. The monoisotopic (exact) mass is 523 g/mol. The highest BCUT2D eigenvalue weighted by Crippen LogP contribution is 2.31. The van der Waals surface area contributed by atoms with Crippen molar-refractivity contribution in [1.29, 1.82) is 0 Å². The van der Waals surface area contributed by atoms with Crippen LogP contribution in [0.5, 0.6) is 5.75 Å². The molecule has 5 rings (SSSR count). The van der Waals surface area contributed by atoms with E-state index in [2.05, 4.69) is 44.8 Å². The van der Waals surface area contributed by atoms with Crippen LogP contribution in [0.15, 0.2) is 36.8 Å². The van der Waals surface area contributed by atoms with Crippen molar-refractivity contribution in [2.75, 3.05) is 25.4 Å². The van der Waals surface area contributed by atoms with E-state index in [9.17, 15) is 4.39 Å². The molecular weight excluding hydrogens is 492 g/mol. The van der Waals surface area contributed by atoms with E-state index in [-0.39, 0.29) is 23.1 Å². The SMILES string of the molecule is CC(C)CCn1cc(-c2cnc(N)c(-c3nnnn3-c3ccc(OCCC4CCNC4)c(F)c3F)c2)cn1. The van der Waals surface area contributed by atoms with Gasteiger partial charge in [0.15, 0.2) is 17.4 Å². The molecule has 4 heterocycles. The number of hydrogen-bond donors (Lipinski definition) is 2. The van der Waals surface area contributed by atoms with Crippen LogP contribution in [0.3, 0.4) is 0 Å². The Kier molecular flexibility index (Phi) is 7.59. The number of nitrogens with zero attached hydrogens (tertiary/aromatic N) is 7. The summed E-state index contributed by atoms with van der Waals surface area (Å²) in [6, 6.07) is 4.53. The number of rotatable bonds is 10. The van der Waals surface area contributed by atoms with E-state index in [1.165, 1.54) is 12.1 Å². The summed E-state index contributed by atoms with van der Waals surface area (Å²) in [5.41, 5.74) is 7.96. The maximum Gasteiger partial charge on any atom is 0.202 e. The Labute approximate surface area is 219 Å². The smallest absolute Gasteiger partial charge is 0.202 e. The van der Waals surface area contributed by atoms with Crippen molar-refractivity contribution in [2.24, 2.45) is 11.8 Å². The Balaban J connectivity index is 1.39. The first-order valence-corrected chi connectivity index (χ1v) is 12.8. The molecule has 1 aliphatic rings. The van der Waals surface area contributed by atoms with Crippen LogP contribution in [0.25, 0.3) is 28.2 Å². The van der Waals surface area contributed by atoms with E-state index >= 15 is 4.39 Å². The molecule has 0 amide bonds. The zero-order valence-electron chi connectivity index (χ0n) is 21.4. The Hall–Kier alpha value is -3.93. The first-order chi connectivity index (χ1) is 18.4. The molecule has 0 spiro atoms. The van der Waals surface area contributed by atoms with Crippen LogP contribution in [0.1, 0.15) is 33.1 Å². The van der Waals surface area contributed by atoms with Crippen LogP contribution in [0.2, 0.25) is 0 Å². The Morgan fingerprint density at radius 3 is 2.84 bits per heavy atom. The number of tetrazole rings is 1. The van der Waals surface area contributed by atoms with E-state index in [1.54, 1.807) is 18.5 Å². The maximum absolute atomic E-state index is 15.2. The largest absolute Gasteiger partial charge is 0.490 e. The van der Waals surface area contributed by atoms with Gasteiger partial charge in [-0.25, -0.2) is 9.37 Å². The quantitative estimate of drug-likeness (QED) is 0.321. The number of aryl methyl sites for hydroxylation is 1. The summed E-state index contributed by atoms with van der Waals surface area (Å²) < 4.78 is 38.6. The topological polar surface area (TPSA) is 122 Å². The predicted molar refractivity (Wildman–Crippen MR) is 138 cm³/mol. The van der Waals surface area contributed by atoms with Crippen molar-refractivity contribution in [1.82, 2.24) is 40.3 Å². The molecule has 12 heteroatoms. The Bertz CT molecular complexity index is 1400. The highest BCUT2D eigenvalue weighted by molar-refractivity contribution is 5.76. The van der Waals surface area contributed by atoms with E-state index in [4.69, 9.17) is 10.5 Å². The number of ether oxygens (including phenoxy) is 1. The lowest BCUT2D eigenvalue weighted by Crippen LogP contribution is -2.12. The molecular formula is C26H31F2N9O. The maximum atomic E-state index is 15.2. The molecule has 0 bridgehead atoms. The molecule has 1 saturated heterocycles. The summed E-state index contributed by atoms with van der Waals surface area (Å²) in [6.45, 7) is 7.32. The van der Waals surface area contributed by atoms with E-state index in [1.807, 2.05) is 10.9 Å². The number of nitrogens with one attached hydrogen (secondary N) is 1. The van der Waals surface area contributed by atoms with Crippen molar-refractivity contribution in [3.8, 4) is 34.0 Å². The minimum absolute atomic E-state index is 0.129. The summed E-state index contributed by atoms with van der Waals surface area (Å²) in [6.07, 6.45) is 8.14. The number of hydrogen-bond acceptors (Lipinski definition) is 8. The molecule has 38 heavy (non-hydrogen) atoms. The van der Waals surface area contributed by atoms with Gasteiger partial charge in [0.25, 0.3) is 0 Å². The zero-order valence-corrected chi connectivity index (χ0v) is 21.4. The fourth-order valence-corrected chi connectivity index (χ4v) is 4.45. The molecule has 0 saturated carbocycles.